The first-order chi connectivity index (χ1) is 16.7. The molecule has 1 aromatic carbocycles. The molecule has 0 spiro atoms. The van der Waals surface area contributed by atoms with E-state index >= 15 is 0 Å². The Bertz CT molecular complexity index is 1650. The summed E-state index contributed by atoms with van der Waals surface area (Å²) >= 11 is 0. The van der Waals surface area contributed by atoms with E-state index in [1.54, 1.807) is 37.4 Å². The van der Waals surface area contributed by atoms with Gasteiger partial charge in [0.25, 0.3) is 16.8 Å². The van der Waals surface area contributed by atoms with Crippen LogP contribution >= 0.6 is 0 Å². The van der Waals surface area contributed by atoms with E-state index in [-0.39, 0.29) is 45.4 Å². The molecule has 0 atom stereocenters. The molecular formula is C21H19N9O5. The van der Waals surface area contributed by atoms with Gasteiger partial charge in [0.1, 0.15) is 0 Å². The zero-order chi connectivity index (χ0) is 25.1. The standard InChI is InChI=1S/C15H13N5O3.C6H6N4O2/c16-15-19-12-11(13(21)20-15)18-10(7-17-12)6-3-8-1-4-9(5-2-8)14(22)23;1-2-8-3-4(11)9-6(7)10-5(3)12-2/h1-2,4-5,7H,3,6H2,(H,22,23)(H3,16,17,19,20,21);1H3,(H3,7,9,10,11). The van der Waals surface area contributed by atoms with Crippen LogP contribution in [0.2, 0.25) is 0 Å². The third-order valence-electron chi connectivity index (χ3n) is 4.75. The molecule has 0 amide bonds. The number of hydrogen-bond donors (Lipinski definition) is 5. The minimum Gasteiger partial charge on any atom is -0.478 e. The number of rotatable bonds is 4. The molecule has 0 bridgehead atoms. The van der Waals surface area contributed by atoms with Gasteiger partial charge in [-0.05, 0) is 30.5 Å². The first-order valence-corrected chi connectivity index (χ1v) is 10.2. The summed E-state index contributed by atoms with van der Waals surface area (Å²) in [5.74, 6) is -0.525. The fraction of sp³-hybridized carbons (Fsp3) is 0.143. The molecule has 14 heteroatoms. The second kappa shape index (κ2) is 9.38. The van der Waals surface area contributed by atoms with Crippen molar-refractivity contribution in [1.29, 1.82) is 0 Å². The van der Waals surface area contributed by atoms with Gasteiger partial charge in [-0.3, -0.25) is 19.6 Å². The van der Waals surface area contributed by atoms with E-state index in [0.717, 1.165) is 5.56 Å². The molecule has 0 saturated carbocycles. The van der Waals surface area contributed by atoms with E-state index in [1.165, 1.54) is 0 Å². The SMILES string of the molecule is Cc1nc2c(=O)[nH]c(N)nc2o1.Nc1nc2ncc(CCc3ccc(C(=O)O)cc3)nc2c(=O)[nH]1. The van der Waals surface area contributed by atoms with Gasteiger partial charge in [-0.1, -0.05) is 12.1 Å². The van der Waals surface area contributed by atoms with Gasteiger partial charge in [0.2, 0.25) is 11.9 Å². The number of fused-ring (bicyclic) bond motifs is 2. The summed E-state index contributed by atoms with van der Waals surface area (Å²) in [6.45, 7) is 1.64. The number of nitrogens with two attached hydrogens (primary N) is 2. The number of nitrogen functional groups attached to an aromatic ring is 2. The van der Waals surface area contributed by atoms with Gasteiger partial charge in [-0.2, -0.15) is 9.97 Å². The van der Waals surface area contributed by atoms with Crippen LogP contribution in [0.15, 0.2) is 44.5 Å². The van der Waals surface area contributed by atoms with E-state index in [1.807, 2.05) is 0 Å². The van der Waals surface area contributed by atoms with Crippen molar-refractivity contribution >= 4 is 40.3 Å². The first-order valence-electron chi connectivity index (χ1n) is 10.2. The maximum Gasteiger partial charge on any atom is 0.335 e. The molecule has 35 heavy (non-hydrogen) atoms. The Morgan fingerprint density at radius 1 is 0.943 bits per heavy atom. The smallest absolute Gasteiger partial charge is 0.335 e. The number of carbonyl (C=O) groups is 1. The third kappa shape index (κ3) is 5.27. The topological polar surface area (TPSA) is 233 Å². The van der Waals surface area contributed by atoms with Crippen LogP contribution in [0.3, 0.4) is 0 Å². The average Bonchev–Trinajstić information content (AvgIpc) is 3.19. The number of nitrogens with one attached hydrogen (secondary N) is 2. The van der Waals surface area contributed by atoms with Gasteiger partial charge < -0.3 is 21.0 Å². The molecule has 0 unspecified atom stereocenters. The zero-order valence-corrected chi connectivity index (χ0v) is 18.3. The fourth-order valence-corrected chi connectivity index (χ4v) is 3.13. The summed E-state index contributed by atoms with van der Waals surface area (Å²) in [5, 5.41) is 8.86. The van der Waals surface area contributed by atoms with Gasteiger partial charge in [-0.25, -0.2) is 19.7 Å². The molecule has 0 aliphatic heterocycles. The van der Waals surface area contributed by atoms with Crippen LogP contribution in [0.1, 0.15) is 27.5 Å². The van der Waals surface area contributed by atoms with Crippen molar-refractivity contribution in [2.45, 2.75) is 19.8 Å². The lowest BCUT2D eigenvalue weighted by Gasteiger charge is -2.03. The number of anilines is 2. The molecule has 0 saturated heterocycles. The van der Waals surface area contributed by atoms with Crippen molar-refractivity contribution in [1.82, 2.24) is 34.9 Å². The summed E-state index contributed by atoms with van der Waals surface area (Å²) in [4.78, 5) is 58.3. The molecule has 14 nitrogen and oxygen atoms in total. The van der Waals surface area contributed by atoms with Gasteiger partial charge >= 0.3 is 5.97 Å². The highest BCUT2D eigenvalue weighted by Crippen LogP contribution is 2.10. The molecule has 4 heterocycles. The first kappa shape index (κ1) is 23.0. The second-order valence-electron chi connectivity index (χ2n) is 7.32. The predicted octanol–water partition coefficient (Wildman–Crippen LogP) is 0.580. The molecular weight excluding hydrogens is 458 g/mol. The second-order valence-corrected chi connectivity index (χ2v) is 7.32. The summed E-state index contributed by atoms with van der Waals surface area (Å²) in [6, 6.07) is 6.63. The maximum absolute atomic E-state index is 11.8. The lowest BCUT2D eigenvalue weighted by Crippen LogP contribution is -2.14. The Labute approximate surface area is 195 Å². The van der Waals surface area contributed by atoms with Crippen LogP contribution in [0, 0.1) is 6.92 Å². The van der Waals surface area contributed by atoms with Crippen molar-refractivity contribution in [3.8, 4) is 0 Å². The molecule has 0 aliphatic carbocycles. The van der Waals surface area contributed by atoms with E-state index in [9.17, 15) is 14.4 Å². The Balaban J connectivity index is 0.000000201. The van der Waals surface area contributed by atoms with E-state index in [2.05, 4.69) is 34.9 Å². The number of benzene rings is 1. The Morgan fingerprint density at radius 3 is 2.29 bits per heavy atom. The predicted molar refractivity (Wildman–Crippen MR) is 125 cm³/mol. The highest BCUT2D eigenvalue weighted by Gasteiger charge is 2.09. The number of aryl methyl sites for hydroxylation is 3. The van der Waals surface area contributed by atoms with Crippen LogP contribution in [0.5, 0.6) is 0 Å². The molecule has 4 aromatic heterocycles. The van der Waals surface area contributed by atoms with Gasteiger partial charge in [-0.15, -0.1) is 0 Å². The minimum atomic E-state index is -0.956. The molecule has 0 radical (unpaired) electrons. The van der Waals surface area contributed by atoms with Crippen LogP contribution in [0.4, 0.5) is 11.9 Å². The summed E-state index contributed by atoms with van der Waals surface area (Å²) in [7, 11) is 0. The Hall–Kier alpha value is -5.14. The molecule has 0 aliphatic rings. The quantitative estimate of drug-likeness (QED) is 0.239. The number of aromatic nitrogens is 7. The normalized spacial score (nSPS) is 10.8. The fourth-order valence-electron chi connectivity index (χ4n) is 3.13. The lowest BCUT2D eigenvalue weighted by molar-refractivity contribution is 0.0697. The van der Waals surface area contributed by atoms with Crippen LogP contribution in [0.25, 0.3) is 22.4 Å². The van der Waals surface area contributed by atoms with Gasteiger partial charge in [0.05, 0.1) is 17.5 Å². The van der Waals surface area contributed by atoms with E-state index in [0.29, 0.717) is 24.4 Å². The summed E-state index contributed by atoms with van der Waals surface area (Å²) < 4.78 is 5.01. The number of hydrogen-bond acceptors (Lipinski definition) is 11. The van der Waals surface area contributed by atoms with Crippen LogP contribution in [-0.2, 0) is 12.8 Å². The van der Waals surface area contributed by atoms with Crippen molar-refractivity contribution in [3.05, 3.63) is 73.9 Å². The van der Waals surface area contributed by atoms with Crippen LogP contribution in [-0.4, -0.2) is 46.0 Å². The maximum atomic E-state index is 11.8. The van der Waals surface area contributed by atoms with Crippen LogP contribution < -0.4 is 22.6 Å². The molecule has 0 fully saturated rings. The lowest BCUT2D eigenvalue weighted by atomic mass is 10.1. The number of oxazole rings is 1. The average molecular weight is 477 g/mol. The van der Waals surface area contributed by atoms with E-state index < -0.39 is 11.5 Å². The largest absolute Gasteiger partial charge is 0.478 e. The third-order valence-corrected chi connectivity index (χ3v) is 4.75. The highest BCUT2D eigenvalue weighted by atomic mass is 16.4. The Kier molecular flexibility index (Phi) is 6.17. The number of aromatic amines is 2. The van der Waals surface area contributed by atoms with Crippen molar-refractivity contribution in [3.63, 3.8) is 0 Å². The minimum absolute atomic E-state index is 0.00284. The number of H-pyrrole nitrogens is 2. The van der Waals surface area contributed by atoms with E-state index in [4.69, 9.17) is 21.0 Å². The van der Waals surface area contributed by atoms with Gasteiger partial charge in [0, 0.05) is 6.92 Å². The number of carboxylic acids is 1. The molecule has 178 valence electrons. The molecule has 5 aromatic rings. The molecule has 7 N–H and O–H groups in total. The Morgan fingerprint density at radius 2 is 1.60 bits per heavy atom. The van der Waals surface area contributed by atoms with Crippen molar-refractivity contribution < 1.29 is 14.3 Å². The zero-order valence-electron chi connectivity index (χ0n) is 18.3. The highest BCUT2D eigenvalue weighted by molar-refractivity contribution is 5.87. The monoisotopic (exact) mass is 477 g/mol. The molecule has 5 rings (SSSR count). The number of nitrogens with zero attached hydrogens (tertiary/aromatic N) is 5. The summed E-state index contributed by atoms with van der Waals surface area (Å²) in [6.07, 6.45) is 2.78. The van der Waals surface area contributed by atoms with Crippen molar-refractivity contribution in [2.75, 3.05) is 11.5 Å². The number of carboxylic acid groups (broad SMARTS) is 1. The summed E-state index contributed by atoms with van der Waals surface area (Å²) in [5.41, 5.74) is 12.5. The van der Waals surface area contributed by atoms with Gasteiger partial charge in [0.15, 0.2) is 22.6 Å². The van der Waals surface area contributed by atoms with Crippen molar-refractivity contribution in [2.24, 2.45) is 0 Å². The number of aromatic carboxylic acids is 1.